The Kier molecular flexibility index (Phi) is 5.06. The first-order valence-corrected chi connectivity index (χ1v) is 6.12. The highest BCUT2D eigenvalue weighted by Crippen LogP contribution is 2.08. The van der Waals surface area contributed by atoms with Crippen LogP contribution in [0.3, 0.4) is 0 Å². The SMILES string of the molecule is CC(C)(C)NC(=O)CNCc1ccccc1C(=O)O. The van der Waals surface area contributed by atoms with Gasteiger partial charge in [-0.1, -0.05) is 18.2 Å². The third kappa shape index (κ3) is 5.52. The van der Waals surface area contributed by atoms with Gasteiger partial charge in [0.15, 0.2) is 0 Å². The Hall–Kier alpha value is -1.88. The third-order valence-electron chi connectivity index (χ3n) is 2.36. The monoisotopic (exact) mass is 264 g/mol. The van der Waals surface area contributed by atoms with Crippen LogP contribution < -0.4 is 10.6 Å². The summed E-state index contributed by atoms with van der Waals surface area (Å²) in [5.74, 6) is -1.07. The minimum atomic E-state index is -0.962. The standard InChI is InChI=1S/C14H20N2O3/c1-14(2,3)16-12(17)9-15-8-10-6-4-5-7-11(10)13(18)19/h4-7,15H,8-9H2,1-3H3,(H,16,17)(H,18,19). The Bertz CT molecular complexity index is 464. The van der Waals surface area contributed by atoms with E-state index < -0.39 is 5.97 Å². The van der Waals surface area contributed by atoms with Gasteiger partial charge in [-0.3, -0.25) is 4.79 Å². The number of carboxylic acids is 1. The molecule has 0 aromatic heterocycles. The molecule has 0 saturated carbocycles. The Morgan fingerprint density at radius 1 is 1.21 bits per heavy atom. The Morgan fingerprint density at radius 2 is 1.84 bits per heavy atom. The molecule has 0 saturated heterocycles. The number of hydrogen-bond donors (Lipinski definition) is 3. The molecule has 0 aliphatic heterocycles. The maximum Gasteiger partial charge on any atom is 0.336 e. The molecule has 0 bridgehead atoms. The van der Waals surface area contributed by atoms with Gasteiger partial charge in [-0.15, -0.1) is 0 Å². The molecule has 1 aromatic rings. The number of carboxylic acid groups (broad SMARTS) is 1. The van der Waals surface area contributed by atoms with Gasteiger partial charge in [-0.25, -0.2) is 4.79 Å². The van der Waals surface area contributed by atoms with E-state index >= 15 is 0 Å². The van der Waals surface area contributed by atoms with Crippen LogP contribution in [-0.2, 0) is 11.3 Å². The van der Waals surface area contributed by atoms with Crippen molar-refractivity contribution in [2.45, 2.75) is 32.9 Å². The van der Waals surface area contributed by atoms with Crippen LogP contribution in [0, 0.1) is 0 Å². The van der Waals surface area contributed by atoms with E-state index in [-0.39, 0.29) is 23.6 Å². The van der Waals surface area contributed by atoms with Crippen LogP contribution in [0.25, 0.3) is 0 Å². The number of carbonyl (C=O) groups excluding carboxylic acids is 1. The van der Waals surface area contributed by atoms with E-state index in [0.29, 0.717) is 12.1 Å². The lowest BCUT2D eigenvalue weighted by atomic mass is 10.1. The molecule has 1 aromatic carbocycles. The Labute approximate surface area is 113 Å². The second-order valence-electron chi connectivity index (χ2n) is 5.36. The van der Waals surface area contributed by atoms with Gasteiger partial charge >= 0.3 is 5.97 Å². The predicted octanol–water partition coefficient (Wildman–Crippen LogP) is 1.39. The largest absolute Gasteiger partial charge is 0.478 e. The number of rotatable bonds is 5. The lowest BCUT2D eigenvalue weighted by molar-refractivity contribution is -0.121. The van der Waals surface area contributed by atoms with E-state index in [4.69, 9.17) is 5.11 Å². The number of aromatic carboxylic acids is 1. The molecule has 0 unspecified atom stereocenters. The highest BCUT2D eigenvalue weighted by atomic mass is 16.4. The normalized spacial score (nSPS) is 11.1. The van der Waals surface area contributed by atoms with E-state index in [1.54, 1.807) is 24.3 Å². The highest BCUT2D eigenvalue weighted by Gasteiger charge is 2.13. The first-order valence-electron chi connectivity index (χ1n) is 6.12. The zero-order valence-electron chi connectivity index (χ0n) is 11.5. The molecule has 1 rings (SSSR count). The van der Waals surface area contributed by atoms with Crippen LogP contribution in [0.1, 0.15) is 36.7 Å². The fourth-order valence-electron chi connectivity index (χ4n) is 1.66. The summed E-state index contributed by atoms with van der Waals surface area (Å²) in [5.41, 5.74) is 0.655. The van der Waals surface area contributed by atoms with E-state index in [9.17, 15) is 9.59 Å². The molecular formula is C14H20N2O3. The molecule has 0 fully saturated rings. The van der Waals surface area contributed by atoms with Crippen molar-refractivity contribution in [3.63, 3.8) is 0 Å². The zero-order chi connectivity index (χ0) is 14.5. The molecule has 0 radical (unpaired) electrons. The number of hydrogen-bond acceptors (Lipinski definition) is 3. The lowest BCUT2D eigenvalue weighted by Gasteiger charge is -2.20. The molecule has 0 heterocycles. The quantitative estimate of drug-likeness (QED) is 0.751. The highest BCUT2D eigenvalue weighted by molar-refractivity contribution is 5.89. The maximum absolute atomic E-state index is 11.6. The molecular weight excluding hydrogens is 244 g/mol. The molecule has 1 amide bonds. The first kappa shape index (κ1) is 15.2. The van der Waals surface area contributed by atoms with Crippen LogP contribution in [0.5, 0.6) is 0 Å². The molecule has 0 aliphatic carbocycles. The third-order valence-corrected chi connectivity index (χ3v) is 2.36. The van der Waals surface area contributed by atoms with E-state index in [1.807, 2.05) is 20.8 Å². The lowest BCUT2D eigenvalue weighted by Crippen LogP contribution is -2.44. The fraction of sp³-hybridized carbons (Fsp3) is 0.429. The summed E-state index contributed by atoms with van der Waals surface area (Å²) in [6.07, 6.45) is 0. The van der Waals surface area contributed by atoms with Crippen LogP contribution in [0.4, 0.5) is 0 Å². The minimum Gasteiger partial charge on any atom is -0.478 e. The Morgan fingerprint density at radius 3 is 2.42 bits per heavy atom. The summed E-state index contributed by atoms with van der Waals surface area (Å²) in [6.45, 7) is 6.23. The summed E-state index contributed by atoms with van der Waals surface area (Å²) in [7, 11) is 0. The second-order valence-corrected chi connectivity index (χ2v) is 5.36. The molecule has 0 aliphatic rings. The van der Waals surface area contributed by atoms with Crippen LogP contribution in [0.2, 0.25) is 0 Å². The number of nitrogens with one attached hydrogen (secondary N) is 2. The summed E-state index contributed by atoms with van der Waals surface area (Å²) >= 11 is 0. The van der Waals surface area contributed by atoms with Crippen molar-refractivity contribution in [3.8, 4) is 0 Å². The van der Waals surface area contributed by atoms with E-state index in [2.05, 4.69) is 10.6 Å². The van der Waals surface area contributed by atoms with Crippen molar-refractivity contribution < 1.29 is 14.7 Å². The van der Waals surface area contributed by atoms with Crippen molar-refractivity contribution in [1.29, 1.82) is 0 Å². The summed E-state index contributed by atoms with van der Waals surface area (Å²) in [4.78, 5) is 22.6. The van der Waals surface area contributed by atoms with Gasteiger partial charge < -0.3 is 15.7 Å². The van der Waals surface area contributed by atoms with Crippen molar-refractivity contribution in [1.82, 2.24) is 10.6 Å². The number of carbonyl (C=O) groups is 2. The molecule has 0 atom stereocenters. The van der Waals surface area contributed by atoms with Crippen LogP contribution in [-0.4, -0.2) is 29.1 Å². The summed E-state index contributed by atoms with van der Waals surface area (Å²) in [6, 6.07) is 6.74. The molecule has 0 spiro atoms. The van der Waals surface area contributed by atoms with Gasteiger partial charge in [-0.2, -0.15) is 0 Å². The van der Waals surface area contributed by atoms with Crippen LogP contribution in [0.15, 0.2) is 24.3 Å². The maximum atomic E-state index is 11.6. The molecule has 5 heteroatoms. The van der Waals surface area contributed by atoms with Gasteiger partial charge in [0.1, 0.15) is 0 Å². The molecule has 5 nitrogen and oxygen atoms in total. The zero-order valence-corrected chi connectivity index (χ0v) is 11.5. The topological polar surface area (TPSA) is 78.4 Å². The molecule has 104 valence electrons. The van der Waals surface area contributed by atoms with Gasteiger partial charge in [0.2, 0.25) is 5.91 Å². The number of benzene rings is 1. The van der Waals surface area contributed by atoms with Crippen LogP contribution >= 0.6 is 0 Å². The van der Waals surface area contributed by atoms with Gasteiger partial charge in [0.05, 0.1) is 12.1 Å². The predicted molar refractivity (Wildman–Crippen MR) is 73.0 cm³/mol. The summed E-state index contributed by atoms with van der Waals surface area (Å²) in [5, 5.41) is 14.8. The summed E-state index contributed by atoms with van der Waals surface area (Å²) < 4.78 is 0. The Balaban J connectivity index is 2.50. The van der Waals surface area contributed by atoms with Gasteiger partial charge in [0, 0.05) is 12.1 Å². The smallest absolute Gasteiger partial charge is 0.336 e. The van der Waals surface area contributed by atoms with Crippen molar-refractivity contribution in [2.75, 3.05) is 6.54 Å². The van der Waals surface area contributed by atoms with E-state index in [0.717, 1.165) is 0 Å². The number of amides is 1. The van der Waals surface area contributed by atoms with Gasteiger partial charge in [-0.05, 0) is 32.4 Å². The first-order chi connectivity index (χ1) is 8.79. The van der Waals surface area contributed by atoms with E-state index in [1.165, 1.54) is 0 Å². The minimum absolute atomic E-state index is 0.111. The average molecular weight is 264 g/mol. The second kappa shape index (κ2) is 6.33. The molecule has 3 N–H and O–H groups in total. The average Bonchev–Trinajstić information content (AvgIpc) is 2.27. The molecule has 19 heavy (non-hydrogen) atoms. The fourth-order valence-corrected chi connectivity index (χ4v) is 1.66. The van der Waals surface area contributed by atoms with Gasteiger partial charge in [0.25, 0.3) is 0 Å². The van der Waals surface area contributed by atoms with Crippen molar-refractivity contribution in [3.05, 3.63) is 35.4 Å². The van der Waals surface area contributed by atoms with Crippen molar-refractivity contribution in [2.24, 2.45) is 0 Å². The van der Waals surface area contributed by atoms with Crippen molar-refractivity contribution >= 4 is 11.9 Å².